The first kappa shape index (κ1) is 16.5. The van der Waals surface area contributed by atoms with Crippen LogP contribution in [-0.2, 0) is 9.53 Å². The normalized spacial score (nSPS) is 25.6. The summed E-state index contributed by atoms with van der Waals surface area (Å²) in [5, 5.41) is 3.59. The van der Waals surface area contributed by atoms with Crippen LogP contribution in [0.25, 0.3) is 0 Å². The number of fused-ring (bicyclic) bond motifs is 2. The molecule has 0 aromatic rings. The summed E-state index contributed by atoms with van der Waals surface area (Å²) >= 11 is 0. The van der Waals surface area contributed by atoms with Crippen molar-refractivity contribution in [3.63, 3.8) is 0 Å². The highest BCUT2D eigenvalue weighted by molar-refractivity contribution is 5.85. The molecular weight excluding hydrogens is 264 g/mol. The van der Waals surface area contributed by atoms with Gasteiger partial charge in [-0.3, -0.25) is 4.79 Å². The Labute approximate surface area is 122 Å². The Morgan fingerprint density at radius 2 is 2.16 bits per heavy atom. The summed E-state index contributed by atoms with van der Waals surface area (Å²) < 4.78 is 5.29. The van der Waals surface area contributed by atoms with Crippen LogP contribution in [0.1, 0.15) is 32.1 Å². The number of nitrogens with zero attached hydrogens (tertiary/aromatic N) is 1. The van der Waals surface area contributed by atoms with Gasteiger partial charge >= 0.3 is 0 Å². The first-order valence-corrected chi connectivity index (χ1v) is 7.02. The smallest absolute Gasteiger partial charge is 0.222 e. The summed E-state index contributed by atoms with van der Waals surface area (Å²) in [7, 11) is 0. The van der Waals surface area contributed by atoms with Gasteiger partial charge in [0, 0.05) is 38.2 Å². The van der Waals surface area contributed by atoms with Crippen molar-refractivity contribution in [1.29, 1.82) is 0 Å². The van der Waals surface area contributed by atoms with E-state index in [2.05, 4.69) is 11.9 Å². The number of amides is 1. The fourth-order valence-electron chi connectivity index (χ4n) is 2.82. The lowest BCUT2D eigenvalue weighted by Crippen LogP contribution is -2.39. The van der Waals surface area contributed by atoms with Crippen molar-refractivity contribution >= 4 is 18.3 Å². The molecule has 2 aliphatic rings. The van der Waals surface area contributed by atoms with Crippen LogP contribution in [0.5, 0.6) is 0 Å². The van der Waals surface area contributed by atoms with Gasteiger partial charge in [0.2, 0.25) is 5.91 Å². The van der Waals surface area contributed by atoms with E-state index in [1.807, 2.05) is 4.90 Å². The fraction of sp³-hybridized carbons (Fsp3) is 0.786. The Morgan fingerprint density at radius 1 is 1.37 bits per heavy atom. The summed E-state index contributed by atoms with van der Waals surface area (Å²) in [6.45, 7) is 6.62. The molecule has 19 heavy (non-hydrogen) atoms. The molecule has 2 rings (SSSR count). The molecule has 1 amide bonds. The maximum atomic E-state index is 12.1. The molecule has 0 aromatic carbocycles. The lowest BCUT2D eigenvalue weighted by molar-refractivity contribution is -0.131. The van der Waals surface area contributed by atoms with Gasteiger partial charge in [-0.25, -0.2) is 0 Å². The summed E-state index contributed by atoms with van der Waals surface area (Å²) in [6, 6.07) is 1.17. The zero-order valence-corrected chi connectivity index (χ0v) is 12.3. The predicted molar refractivity (Wildman–Crippen MR) is 78.6 cm³/mol. The van der Waals surface area contributed by atoms with Gasteiger partial charge in [0.25, 0.3) is 0 Å². The predicted octanol–water partition coefficient (Wildman–Crippen LogP) is 1.74. The number of hydrogen-bond acceptors (Lipinski definition) is 3. The third-order valence-electron chi connectivity index (χ3n) is 3.79. The molecule has 110 valence electrons. The second kappa shape index (κ2) is 8.56. The Kier molecular flexibility index (Phi) is 7.42. The van der Waals surface area contributed by atoms with Crippen molar-refractivity contribution in [3.8, 4) is 0 Å². The molecule has 2 unspecified atom stereocenters. The SMILES string of the molecule is C=CCOCCCC(=O)N1CCC2CCC(C1)N2.Cl. The molecule has 2 saturated heterocycles. The molecule has 0 aromatic heterocycles. The van der Waals surface area contributed by atoms with E-state index in [0.717, 1.165) is 25.9 Å². The van der Waals surface area contributed by atoms with E-state index in [-0.39, 0.29) is 18.3 Å². The van der Waals surface area contributed by atoms with Gasteiger partial charge in [0.05, 0.1) is 6.61 Å². The molecule has 0 saturated carbocycles. The first-order chi connectivity index (χ1) is 8.79. The second-order valence-corrected chi connectivity index (χ2v) is 5.23. The highest BCUT2D eigenvalue weighted by Crippen LogP contribution is 2.20. The third-order valence-corrected chi connectivity index (χ3v) is 3.79. The average molecular weight is 289 g/mol. The summed E-state index contributed by atoms with van der Waals surface area (Å²) in [5.74, 6) is 0.284. The molecule has 4 nitrogen and oxygen atoms in total. The molecule has 2 aliphatic heterocycles. The van der Waals surface area contributed by atoms with E-state index in [1.165, 1.54) is 12.8 Å². The summed E-state index contributed by atoms with van der Waals surface area (Å²) in [5.41, 5.74) is 0. The van der Waals surface area contributed by atoms with E-state index >= 15 is 0 Å². The number of carbonyl (C=O) groups is 1. The van der Waals surface area contributed by atoms with Gasteiger partial charge in [-0.05, 0) is 25.7 Å². The molecule has 0 radical (unpaired) electrons. The van der Waals surface area contributed by atoms with E-state index in [9.17, 15) is 4.79 Å². The Bertz CT molecular complexity index is 299. The number of ether oxygens (including phenoxy) is 1. The van der Waals surface area contributed by atoms with E-state index in [1.54, 1.807) is 6.08 Å². The maximum Gasteiger partial charge on any atom is 0.222 e. The standard InChI is InChI=1S/C14H24N2O2.ClH/c1-2-9-18-10-3-4-14(17)16-8-7-12-5-6-13(11-16)15-12;/h2,12-13,15H,1,3-11H2;1H. The molecule has 1 N–H and O–H groups in total. The Hall–Kier alpha value is -0.580. The fourth-order valence-corrected chi connectivity index (χ4v) is 2.82. The van der Waals surface area contributed by atoms with E-state index in [0.29, 0.717) is 31.7 Å². The van der Waals surface area contributed by atoms with Crippen LogP contribution in [-0.4, -0.2) is 49.2 Å². The van der Waals surface area contributed by atoms with Crippen molar-refractivity contribution in [2.45, 2.75) is 44.2 Å². The number of likely N-dealkylation sites (tertiary alicyclic amines) is 1. The number of hydrogen-bond donors (Lipinski definition) is 1. The van der Waals surface area contributed by atoms with Crippen molar-refractivity contribution < 1.29 is 9.53 Å². The topological polar surface area (TPSA) is 41.6 Å². The van der Waals surface area contributed by atoms with Gasteiger partial charge in [-0.15, -0.1) is 19.0 Å². The zero-order chi connectivity index (χ0) is 12.8. The zero-order valence-electron chi connectivity index (χ0n) is 11.5. The van der Waals surface area contributed by atoms with Gasteiger partial charge in [-0.1, -0.05) is 6.08 Å². The van der Waals surface area contributed by atoms with Gasteiger partial charge < -0.3 is 15.0 Å². The summed E-state index contributed by atoms with van der Waals surface area (Å²) in [4.78, 5) is 14.1. The molecule has 0 aliphatic carbocycles. The van der Waals surface area contributed by atoms with Crippen LogP contribution in [0, 0.1) is 0 Å². The van der Waals surface area contributed by atoms with Crippen LogP contribution < -0.4 is 5.32 Å². The van der Waals surface area contributed by atoms with Crippen molar-refractivity contribution in [1.82, 2.24) is 10.2 Å². The minimum absolute atomic E-state index is 0. The van der Waals surface area contributed by atoms with Crippen molar-refractivity contribution in [2.75, 3.05) is 26.3 Å². The second-order valence-electron chi connectivity index (χ2n) is 5.23. The quantitative estimate of drug-likeness (QED) is 0.598. The molecule has 5 heteroatoms. The van der Waals surface area contributed by atoms with Gasteiger partial charge in [0.1, 0.15) is 0 Å². The maximum absolute atomic E-state index is 12.1. The Morgan fingerprint density at radius 3 is 2.95 bits per heavy atom. The Balaban J connectivity index is 0.00000180. The van der Waals surface area contributed by atoms with Gasteiger partial charge in [0.15, 0.2) is 0 Å². The van der Waals surface area contributed by atoms with Crippen LogP contribution in [0.2, 0.25) is 0 Å². The molecule has 2 atom stereocenters. The highest BCUT2D eigenvalue weighted by atomic mass is 35.5. The molecule has 2 bridgehead atoms. The number of carbonyl (C=O) groups excluding carboxylic acids is 1. The lowest BCUT2D eigenvalue weighted by atomic mass is 10.1. The lowest BCUT2D eigenvalue weighted by Gasteiger charge is -2.24. The number of nitrogens with one attached hydrogen (secondary N) is 1. The number of halogens is 1. The van der Waals surface area contributed by atoms with Crippen LogP contribution in [0.3, 0.4) is 0 Å². The van der Waals surface area contributed by atoms with Crippen LogP contribution in [0.4, 0.5) is 0 Å². The van der Waals surface area contributed by atoms with Gasteiger partial charge in [-0.2, -0.15) is 0 Å². The molecular formula is C14H25ClN2O2. The van der Waals surface area contributed by atoms with Crippen molar-refractivity contribution in [2.24, 2.45) is 0 Å². The molecule has 0 spiro atoms. The van der Waals surface area contributed by atoms with E-state index in [4.69, 9.17) is 4.74 Å². The van der Waals surface area contributed by atoms with Crippen LogP contribution in [0.15, 0.2) is 12.7 Å². The van der Waals surface area contributed by atoms with E-state index < -0.39 is 0 Å². The highest BCUT2D eigenvalue weighted by Gasteiger charge is 2.30. The first-order valence-electron chi connectivity index (χ1n) is 7.02. The molecule has 2 fully saturated rings. The van der Waals surface area contributed by atoms with Crippen LogP contribution >= 0.6 is 12.4 Å². The third kappa shape index (κ3) is 5.13. The minimum Gasteiger partial charge on any atom is -0.377 e. The average Bonchev–Trinajstić information content (AvgIpc) is 2.68. The summed E-state index contributed by atoms with van der Waals surface area (Å²) in [6.07, 6.45) is 6.76. The largest absolute Gasteiger partial charge is 0.377 e. The van der Waals surface area contributed by atoms with Crippen molar-refractivity contribution in [3.05, 3.63) is 12.7 Å². The monoisotopic (exact) mass is 288 g/mol. The minimum atomic E-state index is 0. The molecule has 2 heterocycles. The number of rotatable bonds is 6.